The van der Waals surface area contributed by atoms with Crippen LogP contribution in [0.25, 0.3) is 0 Å². The summed E-state index contributed by atoms with van der Waals surface area (Å²) in [5.74, 6) is -1.78. The number of nitrogens with one attached hydrogen (secondary N) is 4. The van der Waals surface area contributed by atoms with Crippen LogP contribution in [0.5, 0.6) is 0 Å². The van der Waals surface area contributed by atoms with E-state index in [4.69, 9.17) is 0 Å². The van der Waals surface area contributed by atoms with Crippen LogP contribution in [-0.4, -0.2) is 84.5 Å². The number of unbranched alkanes of at least 4 members (excludes halogenated alkanes) is 2. The molecule has 0 bridgehead atoms. The standard InChI is InChI=1S/C33H56N6O6/c1-10-22(6)25(28(42)34-8)35-29(43)26(21(4)5)38(9)19-16-18-24(41)37-36-23(40)17-14-13-15-20-39-30(44)27-32(7,11-2)33(27,12-3)31(39)45/h21-22,25-27H,6,10-20H2,1-5,7-9H3,(H3-,34,35,36,37,40,41,42,43)/p+1. The minimum absolute atomic E-state index is 0.0344. The van der Waals surface area contributed by atoms with Gasteiger partial charge < -0.3 is 10.6 Å². The van der Waals surface area contributed by atoms with Crippen molar-refractivity contribution in [2.45, 2.75) is 111 Å². The Kier molecular flexibility index (Phi) is 13.9. The SMILES string of the molecule is [CH2+]C(CC)C(NC(=O)C(C(C)C)N(C)CCCC(=O)NNC(=O)CCCCCN1C(=O)C2C(C)(CC)C2(CC)C1=O)C(=O)NC. The van der Waals surface area contributed by atoms with Gasteiger partial charge in [0.25, 0.3) is 0 Å². The zero-order valence-electron chi connectivity index (χ0n) is 28.7. The molecule has 6 unspecified atom stereocenters. The molecule has 45 heavy (non-hydrogen) atoms. The van der Waals surface area contributed by atoms with E-state index in [1.807, 2.05) is 53.5 Å². The number of amides is 6. The summed E-state index contributed by atoms with van der Waals surface area (Å²) in [5, 5.41) is 5.44. The van der Waals surface area contributed by atoms with Gasteiger partial charge in [0.2, 0.25) is 35.4 Å². The number of hydrogen-bond acceptors (Lipinski definition) is 7. The molecule has 0 aromatic heterocycles. The Morgan fingerprint density at radius 2 is 1.53 bits per heavy atom. The van der Waals surface area contributed by atoms with Crippen molar-refractivity contribution in [1.29, 1.82) is 0 Å². The molecule has 1 heterocycles. The van der Waals surface area contributed by atoms with E-state index < -0.39 is 17.5 Å². The monoisotopic (exact) mass is 633 g/mol. The average molecular weight is 634 g/mol. The van der Waals surface area contributed by atoms with Gasteiger partial charge in [-0.3, -0.25) is 49.4 Å². The van der Waals surface area contributed by atoms with Crippen LogP contribution < -0.4 is 21.5 Å². The van der Waals surface area contributed by atoms with Gasteiger partial charge in [0.15, 0.2) is 6.04 Å². The van der Waals surface area contributed by atoms with Crippen LogP contribution in [-0.2, 0) is 28.8 Å². The van der Waals surface area contributed by atoms with Crippen LogP contribution in [0, 0.1) is 35.5 Å². The van der Waals surface area contributed by atoms with Gasteiger partial charge in [0, 0.05) is 26.4 Å². The summed E-state index contributed by atoms with van der Waals surface area (Å²) in [6, 6.07) is -1.23. The van der Waals surface area contributed by atoms with Gasteiger partial charge in [-0.2, -0.15) is 0 Å². The van der Waals surface area contributed by atoms with Crippen LogP contribution in [0.4, 0.5) is 0 Å². The summed E-state index contributed by atoms with van der Waals surface area (Å²) in [7, 11) is 3.33. The van der Waals surface area contributed by atoms with Crippen LogP contribution in [0.2, 0.25) is 0 Å². The van der Waals surface area contributed by atoms with Crippen molar-refractivity contribution < 1.29 is 28.8 Å². The van der Waals surface area contributed by atoms with Crippen molar-refractivity contribution in [3.05, 3.63) is 6.92 Å². The minimum Gasteiger partial charge on any atom is -0.357 e. The molecule has 2 rings (SSSR count). The van der Waals surface area contributed by atoms with Crippen molar-refractivity contribution in [2.75, 3.05) is 27.2 Å². The van der Waals surface area contributed by atoms with Gasteiger partial charge in [-0.25, -0.2) is 0 Å². The van der Waals surface area contributed by atoms with Crippen molar-refractivity contribution in [3.63, 3.8) is 0 Å². The molecule has 254 valence electrons. The predicted octanol–water partition coefficient (Wildman–Crippen LogP) is 2.33. The highest BCUT2D eigenvalue weighted by Crippen LogP contribution is 2.76. The van der Waals surface area contributed by atoms with Gasteiger partial charge in [-0.05, 0) is 63.5 Å². The lowest BCUT2D eigenvalue weighted by atomic mass is 9.88. The zero-order valence-corrected chi connectivity index (χ0v) is 28.7. The second kappa shape index (κ2) is 16.4. The fourth-order valence-corrected chi connectivity index (χ4v) is 7.26. The van der Waals surface area contributed by atoms with Crippen molar-refractivity contribution in [2.24, 2.45) is 28.6 Å². The maximum atomic E-state index is 13.1. The first-order valence-electron chi connectivity index (χ1n) is 16.7. The first-order valence-corrected chi connectivity index (χ1v) is 16.7. The normalized spacial score (nSPS) is 24.2. The number of piperidine rings is 1. The Morgan fingerprint density at radius 1 is 0.933 bits per heavy atom. The molecule has 6 amide bonds. The fraction of sp³-hybridized carbons (Fsp3) is 0.788. The van der Waals surface area contributed by atoms with E-state index in [0.717, 1.165) is 6.42 Å². The van der Waals surface area contributed by atoms with Gasteiger partial charge in [0.1, 0.15) is 5.92 Å². The number of likely N-dealkylation sites (N-methyl/N-ethyl adjacent to an activating group) is 2. The van der Waals surface area contributed by atoms with Crippen molar-refractivity contribution in [3.8, 4) is 0 Å². The van der Waals surface area contributed by atoms with E-state index in [1.54, 1.807) is 0 Å². The Balaban J connectivity index is 1.67. The number of carbonyl (C=O) groups is 6. The fourth-order valence-electron chi connectivity index (χ4n) is 7.26. The quantitative estimate of drug-likeness (QED) is 0.0736. The molecule has 0 aromatic rings. The molecule has 0 aromatic carbocycles. The van der Waals surface area contributed by atoms with E-state index in [-0.39, 0.29) is 71.5 Å². The molecule has 4 N–H and O–H groups in total. The largest absolute Gasteiger partial charge is 0.357 e. The Bertz CT molecular complexity index is 1100. The lowest BCUT2D eigenvalue weighted by molar-refractivity contribution is -0.145. The average Bonchev–Trinajstić information content (AvgIpc) is 3.49. The molecule has 2 fully saturated rings. The van der Waals surface area contributed by atoms with Gasteiger partial charge in [-0.15, -0.1) is 0 Å². The molecule has 6 atom stereocenters. The minimum atomic E-state index is -0.730. The molecular formula is C33H57N6O6+. The zero-order chi connectivity index (χ0) is 34.1. The topological polar surface area (TPSA) is 157 Å². The first-order chi connectivity index (χ1) is 21.2. The van der Waals surface area contributed by atoms with Crippen LogP contribution in [0.1, 0.15) is 99.3 Å². The first kappa shape index (κ1) is 38.0. The predicted molar refractivity (Wildman–Crippen MR) is 172 cm³/mol. The van der Waals surface area contributed by atoms with Gasteiger partial charge in [-0.1, -0.05) is 48.0 Å². The second-order valence-electron chi connectivity index (χ2n) is 13.3. The highest BCUT2D eigenvalue weighted by Gasteiger charge is 2.83. The summed E-state index contributed by atoms with van der Waals surface area (Å²) in [6.45, 7) is 16.7. The Labute approximate surface area is 269 Å². The number of carbonyl (C=O) groups excluding carboxylic acids is 6. The summed E-state index contributed by atoms with van der Waals surface area (Å²) in [4.78, 5) is 79.2. The maximum absolute atomic E-state index is 13.1. The molecule has 1 aliphatic carbocycles. The Hall–Kier alpha value is -3.15. The maximum Gasteiger partial charge on any atom is 0.247 e. The molecule has 1 aliphatic heterocycles. The molecule has 1 saturated heterocycles. The number of hydrazine groups is 1. The molecule has 0 radical (unpaired) electrons. The summed E-state index contributed by atoms with van der Waals surface area (Å²) in [5.41, 5.74) is 4.13. The number of fused-ring (bicyclic) bond motifs is 1. The van der Waals surface area contributed by atoms with E-state index in [2.05, 4.69) is 28.4 Å². The van der Waals surface area contributed by atoms with E-state index in [9.17, 15) is 28.8 Å². The highest BCUT2D eigenvalue weighted by atomic mass is 16.2. The van der Waals surface area contributed by atoms with Crippen LogP contribution in [0.15, 0.2) is 0 Å². The lowest BCUT2D eigenvalue weighted by Crippen LogP contribution is -2.56. The summed E-state index contributed by atoms with van der Waals surface area (Å²) < 4.78 is 0. The third-order valence-corrected chi connectivity index (χ3v) is 10.2. The van der Waals surface area contributed by atoms with E-state index in [0.29, 0.717) is 51.6 Å². The van der Waals surface area contributed by atoms with Crippen molar-refractivity contribution in [1.82, 2.24) is 31.3 Å². The summed E-state index contributed by atoms with van der Waals surface area (Å²) in [6.07, 6.45) is 4.86. The number of likely N-dealkylation sites (tertiary alicyclic amines) is 1. The number of nitrogens with zero attached hydrogens (tertiary/aromatic N) is 2. The van der Waals surface area contributed by atoms with Crippen LogP contribution in [0.3, 0.4) is 0 Å². The van der Waals surface area contributed by atoms with Gasteiger partial charge in [0.05, 0.1) is 24.3 Å². The Morgan fingerprint density at radius 3 is 2.02 bits per heavy atom. The van der Waals surface area contributed by atoms with E-state index in [1.165, 1.54) is 11.9 Å². The number of rotatable bonds is 19. The smallest absolute Gasteiger partial charge is 0.247 e. The number of hydrogen-bond donors (Lipinski definition) is 4. The molecule has 2 aliphatic rings. The molecular weight excluding hydrogens is 576 g/mol. The number of imide groups is 1. The molecule has 12 nitrogen and oxygen atoms in total. The third-order valence-electron chi connectivity index (χ3n) is 10.2. The molecule has 0 spiro atoms. The molecule has 12 heteroatoms. The second-order valence-corrected chi connectivity index (χ2v) is 13.3. The third kappa shape index (κ3) is 8.17. The lowest BCUT2D eigenvalue weighted by Gasteiger charge is -2.31. The molecule has 1 saturated carbocycles. The van der Waals surface area contributed by atoms with E-state index >= 15 is 0 Å². The van der Waals surface area contributed by atoms with Gasteiger partial charge >= 0.3 is 0 Å². The van der Waals surface area contributed by atoms with Crippen molar-refractivity contribution >= 4 is 35.4 Å². The summed E-state index contributed by atoms with van der Waals surface area (Å²) >= 11 is 0. The highest BCUT2D eigenvalue weighted by molar-refractivity contribution is 6.13. The van der Waals surface area contributed by atoms with Crippen LogP contribution >= 0.6 is 0 Å².